The van der Waals surface area contributed by atoms with Gasteiger partial charge in [-0.25, -0.2) is 0 Å². The average molecular weight is 263 g/mol. The molecule has 88 valence electrons. The second-order valence-electron chi connectivity index (χ2n) is 2.88. The Morgan fingerprint density at radius 3 is 2.50 bits per heavy atom. The van der Waals surface area contributed by atoms with Crippen LogP contribution in [0.2, 0.25) is 0 Å². The summed E-state index contributed by atoms with van der Waals surface area (Å²) < 4.78 is 24.0. The number of thioether (sulfide) groups is 2. The monoisotopic (exact) mass is 263 g/mol. The van der Waals surface area contributed by atoms with Crippen LogP contribution in [0, 0.1) is 0 Å². The molecule has 0 fully saturated rings. The molecule has 1 aromatic carbocycles. The Kier molecular flexibility index (Phi) is 5.62. The summed E-state index contributed by atoms with van der Waals surface area (Å²) in [4.78, 5) is 11.7. The maximum atomic E-state index is 12.0. The molecule has 0 aromatic heterocycles. The number of rotatable bonds is 5. The predicted octanol–water partition coefficient (Wildman–Crippen LogP) is 3.30. The normalized spacial score (nSPS) is 10.5. The van der Waals surface area contributed by atoms with Gasteiger partial charge in [-0.1, -0.05) is 11.8 Å². The van der Waals surface area contributed by atoms with Crippen molar-refractivity contribution in [3.63, 3.8) is 0 Å². The van der Waals surface area contributed by atoms with Gasteiger partial charge in [0.25, 0.3) is 5.76 Å². The van der Waals surface area contributed by atoms with Crippen LogP contribution in [0.4, 0.5) is 14.5 Å². The van der Waals surface area contributed by atoms with Crippen molar-refractivity contribution in [2.45, 2.75) is 10.7 Å². The third-order valence-corrected chi connectivity index (χ3v) is 2.91. The molecule has 0 heterocycles. The van der Waals surface area contributed by atoms with Crippen LogP contribution in [-0.4, -0.2) is 23.7 Å². The molecule has 0 bridgehead atoms. The highest BCUT2D eigenvalue weighted by molar-refractivity contribution is 7.99. The molecule has 16 heavy (non-hydrogen) atoms. The van der Waals surface area contributed by atoms with E-state index in [1.165, 1.54) is 11.8 Å². The molecule has 0 aliphatic rings. The van der Waals surface area contributed by atoms with Gasteiger partial charge < -0.3 is 5.32 Å². The van der Waals surface area contributed by atoms with Gasteiger partial charge in [-0.05, 0) is 30.5 Å². The highest BCUT2D eigenvalue weighted by atomic mass is 32.2. The lowest BCUT2D eigenvalue weighted by Crippen LogP contribution is -2.13. The van der Waals surface area contributed by atoms with Crippen LogP contribution in [0.15, 0.2) is 29.2 Å². The van der Waals surface area contributed by atoms with Gasteiger partial charge in [-0.2, -0.15) is 20.5 Å². The van der Waals surface area contributed by atoms with E-state index in [1.807, 2.05) is 6.26 Å². The molecule has 0 spiro atoms. The van der Waals surface area contributed by atoms with Gasteiger partial charge in [0.2, 0.25) is 5.91 Å². The molecule has 1 rings (SSSR count). The Balaban J connectivity index is 2.54. The fourth-order valence-electron chi connectivity index (χ4n) is 1.05. The maximum absolute atomic E-state index is 12.0. The molecule has 1 aromatic rings. The summed E-state index contributed by atoms with van der Waals surface area (Å²) in [5.74, 6) is -2.13. The van der Waals surface area contributed by atoms with E-state index < -0.39 is 5.76 Å². The van der Waals surface area contributed by atoms with Crippen molar-refractivity contribution in [1.29, 1.82) is 0 Å². The number of amides is 1. The highest BCUT2D eigenvalue weighted by Gasteiger charge is 2.05. The minimum Gasteiger partial charge on any atom is -0.325 e. The summed E-state index contributed by atoms with van der Waals surface area (Å²) in [7, 11) is 0. The van der Waals surface area contributed by atoms with Gasteiger partial charge in [0, 0.05) is 10.6 Å². The standard InChI is InChI=1S/C10H11F2NOS2/c1-15-6-9(14)13-7-2-4-8(5-3-7)16-10(11)12/h2-5,10H,6H2,1H3,(H,13,14). The first-order valence-electron chi connectivity index (χ1n) is 4.45. The molecule has 0 radical (unpaired) electrons. The largest absolute Gasteiger partial charge is 0.325 e. The van der Waals surface area contributed by atoms with E-state index in [0.717, 1.165) is 0 Å². The highest BCUT2D eigenvalue weighted by Crippen LogP contribution is 2.26. The minimum absolute atomic E-state index is 0.0956. The molecule has 1 N–H and O–H groups in total. The molecule has 0 aliphatic heterocycles. The van der Waals surface area contributed by atoms with Gasteiger partial charge in [0.1, 0.15) is 0 Å². The van der Waals surface area contributed by atoms with E-state index in [9.17, 15) is 13.6 Å². The molecule has 0 saturated heterocycles. The summed E-state index contributed by atoms with van der Waals surface area (Å²) >= 11 is 1.91. The zero-order chi connectivity index (χ0) is 12.0. The van der Waals surface area contributed by atoms with Crippen LogP contribution in [-0.2, 0) is 4.79 Å². The van der Waals surface area contributed by atoms with Gasteiger partial charge in [0.05, 0.1) is 5.75 Å². The van der Waals surface area contributed by atoms with E-state index in [0.29, 0.717) is 28.1 Å². The van der Waals surface area contributed by atoms with Crippen LogP contribution in [0.3, 0.4) is 0 Å². The van der Waals surface area contributed by atoms with E-state index in [2.05, 4.69) is 5.32 Å². The summed E-state index contributed by atoms with van der Waals surface area (Å²) in [5, 5.41) is 2.67. The first-order chi connectivity index (χ1) is 7.61. The quantitative estimate of drug-likeness (QED) is 0.826. The van der Waals surface area contributed by atoms with Crippen molar-refractivity contribution in [2.24, 2.45) is 0 Å². The smallest absolute Gasteiger partial charge is 0.288 e. The number of hydrogen-bond donors (Lipinski definition) is 1. The molecular weight excluding hydrogens is 252 g/mol. The molecule has 2 nitrogen and oxygen atoms in total. The fraction of sp³-hybridized carbons (Fsp3) is 0.300. The van der Waals surface area contributed by atoms with Crippen LogP contribution in [0.5, 0.6) is 0 Å². The van der Waals surface area contributed by atoms with E-state index in [4.69, 9.17) is 0 Å². The SMILES string of the molecule is CSCC(=O)Nc1ccc(SC(F)F)cc1. The van der Waals surface area contributed by atoms with Crippen LogP contribution < -0.4 is 5.32 Å². The summed E-state index contributed by atoms with van der Waals surface area (Å²) in [6, 6.07) is 6.35. The summed E-state index contributed by atoms with van der Waals surface area (Å²) in [6.07, 6.45) is 1.84. The zero-order valence-corrected chi connectivity index (χ0v) is 10.2. The summed E-state index contributed by atoms with van der Waals surface area (Å²) in [5.41, 5.74) is 0.623. The van der Waals surface area contributed by atoms with E-state index >= 15 is 0 Å². The van der Waals surface area contributed by atoms with Gasteiger partial charge >= 0.3 is 0 Å². The maximum Gasteiger partial charge on any atom is 0.288 e. The molecule has 0 saturated carbocycles. The van der Waals surface area contributed by atoms with Gasteiger partial charge in [-0.3, -0.25) is 4.79 Å². The Morgan fingerprint density at radius 1 is 1.38 bits per heavy atom. The van der Waals surface area contributed by atoms with Gasteiger partial charge in [0.15, 0.2) is 0 Å². The number of carbonyl (C=O) groups is 1. The number of nitrogens with one attached hydrogen (secondary N) is 1. The van der Waals surface area contributed by atoms with Crippen molar-refractivity contribution < 1.29 is 13.6 Å². The number of benzene rings is 1. The Morgan fingerprint density at radius 2 is 2.00 bits per heavy atom. The van der Waals surface area contributed by atoms with Crippen molar-refractivity contribution in [3.05, 3.63) is 24.3 Å². The molecule has 0 unspecified atom stereocenters. The van der Waals surface area contributed by atoms with Crippen molar-refractivity contribution >= 4 is 35.1 Å². The van der Waals surface area contributed by atoms with Crippen molar-refractivity contribution in [1.82, 2.24) is 0 Å². The van der Waals surface area contributed by atoms with E-state index in [1.54, 1.807) is 24.3 Å². The Hall–Kier alpha value is -0.750. The summed E-state index contributed by atoms with van der Waals surface area (Å²) in [6.45, 7) is 0. The first-order valence-corrected chi connectivity index (χ1v) is 6.73. The third-order valence-electron chi connectivity index (χ3n) is 1.64. The first kappa shape index (κ1) is 13.3. The Labute approximate surface area is 101 Å². The number of anilines is 1. The molecule has 0 aliphatic carbocycles. The topological polar surface area (TPSA) is 29.1 Å². The number of hydrogen-bond acceptors (Lipinski definition) is 3. The second-order valence-corrected chi connectivity index (χ2v) is 4.81. The van der Waals surface area contributed by atoms with Crippen LogP contribution in [0.25, 0.3) is 0 Å². The lowest BCUT2D eigenvalue weighted by Gasteiger charge is -2.05. The second kappa shape index (κ2) is 6.75. The lowest BCUT2D eigenvalue weighted by atomic mass is 10.3. The average Bonchev–Trinajstić information content (AvgIpc) is 2.20. The number of alkyl halides is 2. The lowest BCUT2D eigenvalue weighted by molar-refractivity contribution is -0.113. The van der Waals surface area contributed by atoms with Crippen LogP contribution in [0.1, 0.15) is 0 Å². The third kappa shape index (κ3) is 4.85. The Bertz CT molecular complexity index is 343. The number of halogens is 2. The molecular formula is C10H11F2NOS2. The van der Waals surface area contributed by atoms with Crippen LogP contribution >= 0.6 is 23.5 Å². The molecule has 1 amide bonds. The molecule has 6 heteroatoms. The molecule has 0 atom stereocenters. The van der Waals surface area contributed by atoms with Crippen molar-refractivity contribution in [3.8, 4) is 0 Å². The minimum atomic E-state index is -2.42. The fourth-order valence-corrected chi connectivity index (χ4v) is 1.88. The van der Waals surface area contributed by atoms with E-state index in [-0.39, 0.29) is 5.91 Å². The number of carbonyl (C=O) groups excluding carboxylic acids is 1. The van der Waals surface area contributed by atoms with Gasteiger partial charge in [-0.15, -0.1) is 0 Å². The van der Waals surface area contributed by atoms with Crippen molar-refractivity contribution in [2.75, 3.05) is 17.3 Å². The predicted molar refractivity (Wildman–Crippen MR) is 65.3 cm³/mol. The zero-order valence-electron chi connectivity index (χ0n) is 8.57.